The Morgan fingerprint density at radius 3 is 0.585 bits per heavy atom. The van der Waals surface area contributed by atoms with Gasteiger partial charge in [0.15, 0.2) is 0 Å². The Morgan fingerprint density at radius 2 is 0.439 bits per heavy atom. The van der Waals surface area contributed by atoms with E-state index in [1.807, 2.05) is 72.9 Å². The van der Waals surface area contributed by atoms with Crippen molar-refractivity contribution in [2.45, 2.75) is 55.4 Å². The van der Waals surface area contributed by atoms with Gasteiger partial charge in [-0.1, -0.05) is 0 Å². The Kier molecular flexibility index (Phi) is 41.4. The third-order valence-corrected chi connectivity index (χ3v) is 3.92. The maximum Gasteiger partial charge on any atom is 0.0659 e. The van der Waals surface area contributed by atoms with Crippen LogP contribution in [0.4, 0.5) is 0 Å². The molecule has 0 radical (unpaired) electrons. The molecule has 0 saturated heterocycles. The van der Waals surface area contributed by atoms with Gasteiger partial charge in [0.25, 0.3) is 0 Å². The Labute approximate surface area is 269 Å². The Hall–Kier alpha value is -2.71. The fraction of sp³-hybridized carbons (Fsp3) is 0.222. The van der Waals surface area contributed by atoms with E-state index in [0.717, 1.165) is 45.6 Å². The summed E-state index contributed by atoms with van der Waals surface area (Å²) in [4.78, 5) is 18.4. The van der Waals surface area contributed by atoms with Crippen LogP contribution in [0.15, 0.2) is 116 Å². The summed E-state index contributed by atoms with van der Waals surface area (Å²) >= 11 is 0. The molecule has 0 spiro atoms. The Morgan fingerprint density at radius 1 is 0.293 bits per heavy atom. The molecular weight excluding hydrogens is 684 g/mol. The predicted octanol–water partition coefficient (Wildman–Crippen LogP) is 10.3. The first-order valence-electron chi connectivity index (χ1n) is 13.4. The van der Waals surface area contributed by atoms with Crippen LogP contribution in [0.2, 0.25) is 0 Å². The summed E-state index contributed by atoms with van der Waals surface area (Å²) in [6.07, 6.45) is 23.8. The quantitative estimate of drug-likeness (QED) is 0.223. The summed E-state index contributed by atoms with van der Waals surface area (Å²) in [6.45, 7) is 40.0. The van der Waals surface area contributed by atoms with E-state index in [1.54, 1.807) is 55.4 Å². The molecule has 0 aromatic rings. The molecule has 0 saturated carbocycles. The van der Waals surface area contributed by atoms with Gasteiger partial charge in [-0.05, 0) is 72.9 Å². The van der Waals surface area contributed by atoms with Crippen molar-refractivity contribution in [1.29, 1.82) is 0 Å². The number of rotatable bonds is 0. The van der Waals surface area contributed by atoms with Crippen LogP contribution >= 0.6 is 0 Å². The van der Waals surface area contributed by atoms with Gasteiger partial charge < -0.3 is 55.4 Å². The molecule has 0 fully saturated rings. The smallest absolute Gasteiger partial charge is 0.0659 e. The van der Waals surface area contributed by atoms with Gasteiger partial charge in [0.2, 0.25) is 0 Å². The van der Waals surface area contributed by atoms with Crippen molar-refractivity contribution < 1.29 is 21.1 Å². The summed E-state index contributed by atoms with van der Waals surface area (Å²) in [5.74, 6) is 0. The minimum atomic E-state index is 0. The second-order valence-electron chi connectivity index (χ2n) is 5.76. The first-order chi connectivity index (χ1) is 19.8. The van der Waals surface area contributed by atoms with Crippen LogP contribution in [0.3, 0.4) is 0 Å². The summed E-state index contributed by atoms with van der Waals surface area (Å²) in [5.41, 5.74) is 7.15. The van der Waals surface area contributed by atoms with E-state index in [2.05, 4.69) is 75.4 Å². The molecule has 8 bridgehead atoms. The van der Waals surface area contributed by atoms with Crippen LogP contribution in [0.25, 0.3) is 0 Å². The van der Waals surface area contributed by atoms with Crippen molar-refractivity contribution in [2.24, 2.45) is 20.0 Å². The van der Waals surface area contributed by atoms with E-state index in [-0.39, 0.29) is 21.1 Å². The average Bonchev–Trinajstić information content (AvgIpc) is 3.88. The number of hydrogen-bond donors (Lipinski definition) is 0. The van der Waals surface area contributed by atoms with Gasteiger partial charge in [-0.3, -0.25) is 0 Å². The third kappa shape index (κ3) is 19.1. The average molecular weight is 736 g/mol. The molecule has 5 aliphatic heterocycles. The van der Waals surface area contributed by atoms with Crippen molar-refractivity contribution in [3.05, 3.63) is 151 Å². The van der Waals surface area contributed by atoms with E-state index < -0.39 is 0 Å². The van der Waals surface area contributed by atoms with Crippen LogP contribution in [-0.4, -0.2) is 22.8 Å². The first kappa shape index (κ1) is 48.0. The van der Waals surface area contributed by atoms with E-state index in [4.69, 9.17) is 0 Å². The summed E-state index contributed by atoms with van der Waals surface area (Å²) in [6, 6.07) is 0. The van der Waals surface area contributed by atoms with Crippen LogP contribution in [-0.2, 0) is 21.1 Å². The second-order valence-corrected chi connectivity index (χ2v) is 5.76. The molecule has 0 aromatic carbocycles. The standard InChI is InChI=1S/C20H12N4.8C2H5.Pt/c1-2-14-10-16-5-6-18(23-16)12-20-8-7-19(24-20)11-17-4-3-15(22-17)9-13(1)21-14;8*1-2;/h1-12H;8*1H2,2H3;/q;8*-1;. The maximum atomic E-state index is 4.59. The van der Waals surface area contributed by atoms with Gasteiger partial charge in [0.05, 0.1) is 45.6 Å². The predicted molar refractivity (Wildman–Crippen MR) is 187 cm³/mol. The van der Waals surface area contributed by atoms with E-state index in [9.17, 15) is 0 Å². The van der Waals surface area contributed by atoms with Crippen molar-refractivity contribution in [2.75, 3.05) is 0 Å². The second kappa shape index (κ2) is 35.3. The molecule has 4 nitrogen and oxygen atoms in total. The Bertz CT molecular complexity index is 851. The molecule has 0 atom stereocenters. The van der Waals surface area contributed by atoms with Gasteiger partial charge in [0.1, 0.15) is 0 Å². The summed E-state index contributed by atoms with van der Waals surface area (Å²) < 4.78 is 0. The van der Waals surface area contributed by atoms with Gasteiger partial charge >= 0.3 is 0 Å². The minimum absolute atomic E-state index is 0. The van der Waals surface area contributed by atoms with Gasteiger partial charge in [-0.25, -0.2) is 20.0 Å². The third-order valence-electron chi connectivity index (χ3n) is 3.92. The molecule has 5 rings (SSSR count). The molecule has 5 heterocycles. The minimum Gasteiger partial charge on any atom is -0.346 e. The largest absolute Gasteiger partial charge is 0.346 e. The summed E-state index contributed by atoms with van der Waals surface area (Å²) in [5, 5.41) is 0. The van der Waals surface area contributed by atoms with Crippen molar-refractivity contribution in [3.63, 3.8) is 0 Å². The number of hydrogen-bond acceptors (Lipinski definition) is 4. The van der Waals surface area contributed by atoms with Crippen LogP contribution in [0, 0.1) is 55.4 Å². The maximum absolute atomic E-state index is 4.59. The topological polar surface area (TPSA) is 49.4 Å². The number of fused-ring (bicyclic) bond motifs is 4. The molecule has 0 aromatic heterocycles. The SMILES string of the molecule is C1=CC2=NC1=CC1=NC(=CC3=NC(=CC4=NC(=C2)C=C4)C=C3)C=C1.[CH2-]C.[CH2-]C.[CH2-]C.[CH2-]C.[CH2-]C.[CH2-]C.[CH2-]C.[CH2-]C.[Pt]. The first-order valence-corrected chi connectivity index (χ1v) is 13.4. The van der Waals surface area contributed by atoms with Gasteiger partial charge in [-0.15, -0.1) is 0 Å². The van der Waals surface area contributed by atoms with Crippen molar-refractivity contribution in [1.82, 2.24) is 0 Å². The van der Waals surface area contributed by atoms with E-state index >= 15 is 0 Å². The number of allylic oxidation sites excluding steroid dienone is 12. The van der Waals surface area contributed by atoms with Crippen LogP contribution in [0.1, 0.15) is 55.4 Å². The van der Waals surface area contributed by atoms with Crippen LogP contribution < -0.4 is 0 Å². The normalized spacial score (nSPS) is 14.4. The number of aliphatic imine (C=N–C) groups is 4. The monoisotopic (exact) mass is 735 g/mol. The fourth-order valence-corrected chi connectivity index (χ4v) is 2.83. The molecule has 234 valence electrons. The van der Waals surface area contributed by atoms with Gasteiger partial charge in [-0.2, -0.15) is 55.4 Å². The van der Waals surface area contributed by atoms with E-state index in [0.29, 0.717) is 0 Å². The molecular formula is C36H52N4Pt-8. The zero-order valence-corrected chi connectivity index (χ0v) is 29.0. The van der Waals surface area contributed by atoms with Gasteiger partial charge in [0, 0.05) is 21.1 Å². The molecule has 41 heavy (non-hydrogen) atoms. The molecule has 0 amide bonds. The number of nitrogens with zero attached hydrogens (tertiary/aromatic N) is 4. The zero-order valence-electron chi connectivity index (χ0n) is 26.7. The van der Waals surface area contributed by atoms with Crippen molar-refractivity contribution >= 4 is 22.8 Å². The molecule has 5 heteroatoms. The van der Waals surface area contributed by atoms with Crippen molar-refractivity contribution in [3.8, 4) is 0 Å². The van der Waals surface area contributed by atoms with E-state index in [1.165, 1.54) is 0 Å². The molecule has 0 unspecified atom stereocenters. The summed E-state index contributed by atoms with van der Waals surface area (Å²) in [7, 11) is 0. The van der Waals surface area contributed by atoms with Crippen LogP contribution in [0.5, 0.6) is 0 Å². The Balaban J connectivity index is -0.000000222. The zero-order chi connectivity index (χ0) is 31.9. The molecule has 0 aliphatic carbocycles. The fourth-order valence-electron chi connectivity index (χ4n) is 2.83. The molecule has 5 aliphatic rings. The molecule has 0 N–H and O–H groups in total.